The molecular formula is C24H23N5O2. The summed E-state index contributed by atoms with van der Waals surface area (Å²) in [6.07, 6.45) is 9.09. The number of carbonyl (C=O) groups excluding carboxylic acids is 2. The molecule has 2 aromatic heterocycles. The highest BCUT2D eigenvalue weighted by molar-refractivity contribution is 5.95. The number of primary amides is 1. The Bertz CT molecular complexity index is 1150. The van der Waals surface area contributed by atoms with Crippen molar-refractivity contribution in [1.29, 1.82) is 0 Å². The first-order chi connectivity index (χ1) is 15.1. The monoisotopic (exact) mass is 413 g/mol. The molecule has 0 spiro atoms. The van der Waals surface area contributed by atoms with E-state index in [1.165, 1.54) is 0 Å². The number of amides is 2. The van der Waals surface area contributed by atoms with Gasteiger partial charge in [0.2, 0.25) is 11.8 Å². The lowest BCUT2D eigenvalue weighted by Gasteiger charge is -2.37. The number of anilines is 1. The third kappa shape index (κ3) is 3.36. The third-order valence-corrected chi connectivity index (χ3v) is 6.38. The molecule has 0 bridgehead atoms. The lowest BCUT2D eigenvalue weighted by Crippen LogP contribution is -2.48. The van der Waals surface area contributed by atoms with Crippen LogP contribution in [0.5, 0.6) is 0 Å². The van der Waals surface area contributed by atoms with Crippen molar-refractivity contribution in [2.45, 2.75) is 37.5 Å². The molecule has 2 fully saturated rings. The van der Waals surface area contributed by atoms with Crippen molar-refractivity contribution >= 4 is 17.5 Å². The average Bonchev–Trinajstić information content (AvgIpc) is 3.19. The summed E-state index contributed by atoms with van der Waals surface area (Å²) in [6, 6.07) is 11.8. The van der Waals surface area contributed by atoms with E-state index in [1.54, 1.807) is 18.6 Å². The minimum absolute atomic E-state index is 0.177. The van der Waals surface area contributed by atoms with Crippen LogP contribution in [0.1, 0.15) is 37.9 Å². The maximum atomic E-state index is 12.0. The van der Waals surface area contributed by atoms with Gasteiger partial charge in [-0.1, -0.05) is 18.6 Å². The molecule has 7 nitrogen and oxygen atoms in total. The first kappa shape index (κ1) is 19.4. The number of benzene rings is 1. The molecule has 2 aliphatic rings. The Labute approximate surface area is 180 Å². The number of carbonyl (C=O) groups is 2. The van der Waals surface area contributed by atoms with E-state index in [9.17, 15) is 9.59 Å². The van der Waals surface area contributed by atoms with E-state index in [-0.39, 0.29) is 11.8 Å². The van der Waals surface area contributed by atoms with Crippen molar-refractivity contribution < 1.29 is 9.59 Å². The number of hydrogen-bond donors (Lipinski definition) is 1. The van der Waals surface area contributed by atoms with Gasteiger partial charge < -0.3 is 10.6 Å². The second kappa shape index (κ2) is 7.58. The molecule has 156 valence electrons. The number of rotatable bonds is 5. The zero-order valence-electron chi connectivity index (χ0n) is 17.1. The van der Waals surface area contributed by atoms with Crippen LogP contribution in [-0.4, -0.2) is 33.3 Å². The van der Waals surface area contributed by atoms with E-state index in [0.717, 1.165) is 41.8 Å². The maximum Gasteiger partial charge on any atom is 0.231 e. The molecule has 1 saturated heterocycles. The van der Waals surface area contributed by atoms with Gasteiger partial charge in [-0.15, -0.1) is 0 Å². The van der Waals surface area contributed by atoms with Crippen LogP contribution in [0.4, 0.5) is 5.69 Å². The van der Waals surface area contributed by atoms with E-state index >= 15 is 0 Å². The molecule has 3 aromatic rings. The fourth-order valence-corrected chi connectivity index (χ4v) is 4.35. The highest BCUT2D eigenvalue weighted by Crippen LogP contribution is 2.42. The molecule has 7 heteroatoms. The summed E-state index contributed by atoms with van der Waals surface area (Å²) in [7, 11) is 0. The summed E-state index contributed by atoms with van der Waals surface area (Å²) < 4.78 is 0. The first-order valence-electron chi connectivity index (χ1n) is 10.6. The van der Waals surface area contributed by atoms with E-state index in [2.05, 4.69) is 15.0 Å². The van der Waals surface area contributed by atoms with Crippen LogP contribution in [-0.2, 0) is 15.0 Å². The summed E-state index contributed by atoms with van der Waals surface area (Å²) >= 11 is 0. The predicted molar refractivity (Wildman–Crippen MR) is 117 cm³/mol. The van der Waals surface area contributed by atoms with Gasteiger partial charge in [-0.2, -0.15) is 0 Å². The molecule has 0 unspecified atom stereocenters. The predicted octanol–water partition coefficient (Wildman–Crippen LogP) is 3.24. The molecule has 2 amide bonds. The van der Waals surface area contributed by atoms with Crippen LogP contribution in [0.2, 0.25) is 0 Å². The second-order valence-electron chi connectivity index (χ2n) is 8.22. The van der Waals surface area contributed by atoms with Gasteiger partial charge in [0.05, 0.1) is 5.69 Å². The average molecular weight is 413 g/mol. The fraction of sp³-hybridized carbons (Fsp3) is 0.292. The normalized spacial score (nSPS) is 17.4. The van der Waals surface area contributed by atoms with Crippen LogP contribution in [0, 0.1) is 0 Å². The molecule has 5 rings (SSSR count). The highest BCUT2D eigenvalue weighted by Gasteiger charge is 2.47. The molecule has 1 aliphatic heterocycles. The Morgan fingerprint density at radius 2 is 1.77 bits per heavy atom. The molecule has 3 heterocycles. The van der Waals surface area contributed by atoms with E-state index in [0.29, 0.717) is 30.8 Å². The Hall–Kier alpha value is -3.61. The minimum Gasteiger partial charge on any atom is -0.369 e. The van der Waals surface area contributed by atoms with E-state index in [1.807, 2.05) is 41.3 Å². The Kier molecular flexibility index (Phi) is 4.73. The summed E-state index contributed by atoms with van der Waals surface area (Å²) in [6.45, 7) is 0.776. The third-order valence-electron chi connectivity index (χ3n) is 6.38. The standard InChI is InChI=1S/C24H23N5O2/c25-22(31)24(9-2-10-24)23-27-11-8-20(28-23)18-13-17(14-26-15-18)16-4-6-19(7-5-16)29-12-1-3-21(29)30/h4-8,11,13-15H,1-3,9-10,12H2,(H2,25,31). The summed E-state index contributed by atoms with van der Waals surface area (Å²) in [5, 5.41) is 0. The van der Waals surface area contributed by atoms with Gasteiger partial charge in [-0.25, -0.2) is 9.97 Å². The SMILES string of the molecule is NC(=O)C1(c2nccc(-c3cncc(-c4ccc(N5CCCC5=O)cc4)c3)n2)CCC1. The quantitative estimate of drug-likeness (QED) is 0.692. The summed E-state index contributed by atoms with van der Waals surface area (Å²) in [5.74, 6) is 0.310. The second-order valence-corrected chi connectivity index (χ2v) is 8.22. The number of nitrogens with two attached hydrogens (primary N) is 1. The molecule has 0 atom stereocenters. The van der Waals surface area contributed by atoms with E-state index < -0.39 is 5.41 Å². The lowest BCUT2D eigenvalue weighted by molar-refractivity contribution is -0.127. The molecular weight excluding hydrogens is 390 g/mol. The van der Waals surface area contributed by atoms with Crippen molar-refractivity contribution in [2.24, 2.45) is 5.73 Å². The fourth-order valence-electron chi connectivity index (χ4n) is 4.35. The number of hydrogen-bond acceptors (Lipinski definition) is 5. The van der Waals surface area contributed by atoms with Gasteiger partial charge in [0.15, 0.2) is 0 Å². The lowest BCUT2D eigenvalue weighted by atomic mass is 9.67. The van der Waals surface area contributed by atoms with Crippen molar-refractivity contribution in [2.75, 3.05) is 11.4 Å². The molecule has 1 aromatic carbocycles. The first-order valence-corrected chi connectivity index (χ1v) is 10.6. The molecule has 31 heavy (non-hydrogen) atoms. The Morgan fingerprint density at radius 1 is 1.00 bits per heavy atom. The van der Waals surface area contributed by atoms with Gasteiger partial charge in [0.1, 0.15) is 11.2 Å². The topological polar surface area (TPSA) is 102 Å². The smallest absolute Gasteiger partial charge is 0.231 e. The Balaban J connectivity index is 1.44. The summed E-state index contributed by atoms with van der Waals surface area (Å²) in [4.78, 5) is 39.3. The number of nitrogens with zero attached hydrogens (tertiary/aromatic N) is 4. The van der Waals surface area contributed by atoms with Gasteiger partial charge in [-0.05, 0) is 49.1 Å². The largest absolute Gasteiger partial charge is 0.369 e. The van der Waals surface area contributed by atoms with Crippen LogP contribution in [0.15, 0.2) is 55.0 Å². The van der Waals surface area contributed by atoms with Crippen LogP contribution in [0.3, 0.4) is 0 Å². The molecule has 1 aliphatic carbocycles. The zero-order chi connectivity index (χ0) is 21.4. The number of aromatic nitrogens is 3. The summed E-state index contributed by atoms with van der Waals surface area (Å²) in [5.41, 5.74) is 9.36. The van der Waals surface area contributed by atoms with Gasteiger partial charge in [-0.3, -0.25) is 14.6 Å². The van der Waals surface area contributed by atoms with Crippen LogP contribution in [0.25, 0.3) is 22.4 Å². The van der Waals surface area contributed by atoms with Crippen LogP contribution >= 0.6 is 0 Å². The zero-order valence-corrected chi connectivity index (χ0v) is 17.1. The van der Waals surface area contributed by atoms with Crippen molar-refractivity contribution in [3.63, 3.8) is 0 Å². The van der Waals surface area contributed by atoms with Gasteiger partial charge >= 0.3 is 0 Å². The number of pyridine rings is 1. The molecule has 1 saturated carbocycles. The van der Waals surface area contributed by atoms with Gasteiger partial charge in [0, 0.05) is 48.4 Å². The van der Waals surface area contributed by atoms with Crippen LogP contribution < -0.4 is 10.6 Å². The van der Waals surface area contributed by atoms with Crippen molar-refractivity contribution in [1.82, 2.24) is 15.0 Å². The van der Waals surface area contributed by atoms with Crippen molar-refractivity contribution in [3.8, 4) is 22.4 Å². The molecule has 2 N–H and O–H groups in total. The maximum absolute atomic E-state index is 12.0. The van der Waals surface area contributed by atoms with E-state index in [4.69, 9.17) is 5.73 Å². The highest BCUT2D eigenvalue weighted by atomic mass is 16.2. The van der Waals surface area contributed by atoms with Crippen molar-refractivity contribution in [3.05, 3.63) is 60.8 Å². The van der Waals surface area contributed by atoms with Gasteiger partial charge in [0.25, 0.3) is 0 Å². The minimum atomic E-state index is -0.746. The molecule has 0 radical (unpaired) electrons. The Morgan fingerprint density at radius 3 is 2.42 bits per heavy atom.